The first-order chi connectivity index (χ1) is 26.6. The Morgan fingerprint density at radius 2 is 1.31 bits per heavy atom. The third-order valence-corrected chi connectivity index (χ3v) is 12.1. The number of allylic oxidation sites excluding steroid dienone is 5. The van der Waals surface area contributed by atoms with E-state index in [2.05, 4.69) is 193 Å². The first-order valence-electron chi connectivity index (χ1n) is 19.1. The fourth-order valence-electron chi connectivity index (χ4n) is 9.44. The van der Waals surface area contributed by atoms with Crippen LogP contribution in [-0.2, 0) is 5.41 Å². The van der Waals surface area contributed by atoms with E-state index in [9.17, 15) is 0 Å². The largest absolute Gasteiger partial charge is 0.309 e. The van der Waals surface area contributed by atoms with Gasteiger partial charge in [0.25, 0.3) is 0 Å². The van der Waals surface area contributed by atoms with Crippen molar-refractivity contribution in [2.75, 3.05) is 0 Å². The monoisotopic (exact) mass is 690 g/mol. The molecule has 0 saturated carbocycles. The number of rotatable bonds is 4. The van der Waals surface area contributed by atoms with Crippen molar-refractivity contribution in [1.29, 1.82) is 0 Å². The number of hydrogen-bond donors (Lipinski definition) is 0. The maximum atomic E-state index is 3.57. The normalized spacial score (nSPS) is 15.1. The second-order valence-electron chi connectivity index (χ2n) is 15.4. The van der Waals surface area contributed by atoms with Gasteiger partial charge in [0, 0.05) is 44.8 Å². The van der Waals surface area contributed by atoms with Gasteiger partial charge < -0.3 is 9.13 Å². The molecule has 11 rings (SSSR count). The molecule has 3 aliphatic rings. The number of hydrogen-bond acceptors (Lipinski definition) is 0. The molecule has 0 atom stereocenters. The maximum Gasteiger partial charge on any atom is 0.105 e. The van der Waals surface area contributed by atoms with Gasteiger partial charge in [-0.15, -0.1) is 0 Å². The van der Waals surface area contributed by atoms with Crippen LogP contribution in [0, 0.1) is 11.8 Å². The van der Waals surface area contributed by atoms with E-state index in [1.54, 1.807) is 0 Å². The van der Waals surface area contributed by atoms with Crippen molar-refractivity contribution in [3.63, 3.8) is 0 Å². The smallest absolute Gasteiger partial charge is 0.105 e. The van der Waals surface area contributed by atoms with Gasteiger partial charge in [-0.2, -0.15) is 0 Å². The zero-order valence-corrected chi connectivity index (χ0v) is 30.5. The lowest BCUT2D eigenvalue weighted by molar-refractivity contribution is 0.660. The van der Waals surface area contributed by atoms with E-state index in [0.717, 1.165) is 25.0 Å². The van der Waals surface area contributed by atoms with Crippen LogP contribution < -0.4 is 0 Å². The van der Waals surface area contributed by atoms with Gasteiger partial charge in [0.15, 0.2) is 0 Å². The first-order valence-corrected chi connectivity index (χ1v) is 19.1. The van der Waals surface area contributed by atoms with Crippen LogP contribution in [0.5, 0.6) is 0 Å². The van der Waals surface area contributed by atoms with Crippen molar-refractivity contribution in [3.05, 3.63) is 180 Å². The summed E-state index contributed by atoms with van der Waals surface area (Å²) in [4.78, 5) is 0. The molecule has 0 unspecified atom stereocenters. The molecule has 8 aromatic rings. The third kappa shape index (κ3) is 4.49. The molecule has 256 valence electrons. The van der Waals surface area contributed by atoms with Gasteiger partial charge in [0.2, 0.25) is 0 Å². The van der Waals surface area contributed by atoms with E-state index < -0.39 is 0 Å². The summed E-state index contributed by atoms with van der Waals surface area (Å²) < 4.78 is 4.86. The highest BCUT2D eigenvalue weighted by Crippen LogP contribution is 2.49. The van der Waals surface area contributed by atoms with E-state index in [1.807, 2.05) is 0 Å². The second kappa shape index (κ2) is 11.7. The summed E-state index contributed by atoms with van der Waals surface area (Å²) in [7, 11) is 0. The van der Waals surface area contributed by atoms with Crippen LogP contribution in [0.25, 0.3) is 78.0 Å². The first kappa shape index (κ1) is 31.0. The van der Waals surface area contributed by atoms with Crippen LogP contribution in [0.4, 0.5) is 0 Å². The molecule has 2 heterocycles. The highest BCUT2D eigenvalue weighted by atomic mass is 15.0. The fourth-order valence-corrected chi connectivity index (χ4v) is 9.44. The number of benzene rings is 6. The molecule has 0 N–H and O–H groups in total. The van der Waals surface area contributed by atoms with Crippen molar-refractivity contribution in [3.8, 4) is 45.5 Å². The summed E-state index contributed by atoms with van der Waals surface area (Å²) in [5, 5.41) is 3.75. The van der Waals surface area contributed by atoms with Crippen LogP contribution in [0.3, 0.4) is 0 Å². The van der Waals surface area contributed by atoms with Gasteiger partial charge in [-0.25, -0.2) is 0 Å². The zero-order chi connectivity index (χ0) is 36.0. The quantitative estimate of drug-likeness (QED) is 0.163. The molecule has 2 aromatic heterocycles. The van der Waals surface area contributed by atoms with Crippen LogP contribution in [0.2, 0.25) is 0 Å². The Hall–Kier alpha value is -6.56. The average molecular weight is 691 g/mol. The molecule has 0 spiro atoms. The molecular formula is C52H38N2. The molecule has 6 aromatic carbocycles. The minimum Gasteiger partial charge on any atom is -0.309 e. The lowest BCUT2D eigenvalue weighted by Gasteiger charge is -2.22. The highest BCUT2D eigenvalue weighted by molar-refractivity contribution is 6.11. The fraction of sp³-hybridized carbons (Fsp3) is 0.115. The molecule has 0 bridgehead atoms. The van der Waals surface area contributed by atoms with Crippen LogP contribution in [0.1, 0.15) is 61.1 Å². The molecule has 0 radical (unpaired) electrons. The van der Waals surface area contributed by atoms with E-state index in [4.69, 9.17) is 0 Å². The van der Waals surface area contributed by atoms with Gasteiger partial charge in [0.1, 0.15) is 5.69 Å². The van der Waals surface area contributed by atoms with Crippen molar-refractivity contribution >= 4 is 44.4 Å². The van der Waals surface area contributed by atoms with Crippen LogP contribution in [-0.4, -0.2) is 9.13 Å². The topological polar surface area (TPSA) is 9.86 Å². The zero-order valence-electron chi connectivity index (χ0n) is 30.5. The Morgan fingerprint density at radius 3 is 2.17 bits per heavy atom. The average Bonchev–Trinajstić information content (AvgIpc) is 3.70. The Kier molecular flexibility index (Phi) is 6.73. The Bertz CT molecular complexity index is 3050. The van der Waals surface area contributed by atoms with E-state index in [-0.39, 0.29) is 5.41 Å². The Labute approximate surface area is 316 Å². The predicted octanol–water partition coefficient (Wildman–Crippen LogP) is 13.2. The van der Waals surface area contributed by atoms with Crippen molar-refractivity contribution in [2.45, 2.75) is 38.5 Å². The molecule has 0 saturated heterocycles. The summed E-state index contributed by atoms with van der Waals surface area (Å²) in [6, 6.07) is 47.6. The van der Waals surface area contributed by atoms with E-state index in [0.29, 0.717) is 0 Å². The summed E-state index contributed by atoms with van der Waals surface area (Å²) in [5.41, 5.74) is 18.8. The number of nitrogens with zero attached hydrogens (tertiary/aromatic N) is 2. The summed E-state index contributed by atoms with van der Waals surface area (Å²) in [5.74, 6) is 6.98. The number of para-hydroxylation sites is 2. The molecule has 2 heteroatoms. The standard InChI is InChI=1S/C52H38N2/c1-52(2)45-21-12-9-18-39(45)40-28-27-37(33-46(40)52)53-48-24-14-11-20-41(48)43-31-35(25-29-50(43)53)36-26-30-51-44(32-36)42-19-7-4-8-22-49(42)54(51)47-23-13-10-17-38(47)34-15-5-3-6-16-34/h3,5,7,9-15,17-21,23-33H,4,6,16H2,1-2H3. The number of fused-ring (bicyclic) bond motifs is 9. The van der Waals surface area contributed by atoms with Gasteiger partial charge >= 0.3 is 0 Å². The van der Waals surface area contributed by atoms with Crippen molar-refractivity contribution < 1.29 is 0 Å². The highest BCUT2D eigenvalue weighted by Gasteiger charge is 2.35. The molecule has 0 aliphatic heterocycles. The van der Waals surface area contributed by atoms with Gasteiger partial charge in [0.05, 0.1) is 22.2 Å². The van der Waals surface area contributed by atoms with E-state index >= 15 is 0 Å². The predicted molar refractivity (Wildman–Crippen MR) is 227 cm³/mol. The lowest BCUT2D eigenvalue weighted by Crippen LogP contribution is -2.15. The van der Waals surface area contributed by atoms with Crippen molar-refractivity contribution in [1.82, 2.24) is 9.13 Å². The molecule has 54 heavy (non-hydrogen) atoms. The van der Waals surface area contributed by atoms with E-state index in [1.165, 1.54) is 94.2 Å². The van der Waals surface area contributed by atoms with Crippen LogP contribution in [0.15, 0.2) is 152 Å². The summed E-state index contributed by atoms with van der Waals surface area (Å²) >= 11 is 0. The third-order valence-electron chi connectivity index (χ3n) is 12.1. The number of aromatic nitrogens is 2. The molecule has 0 fully saturated rings. The minimum absolute atomic E-state index is 0.0585. The second-order valence-corrected chi connectivity index (χ2v) is 15.4. The summed E-state index contributed by atoms with van der Waals surface area (Å²) in [6.45, 7) is 4.72. The summed E-state index contributed by atoms with van der Waals surface area (Å²) in [6.07, 6.45) is 14.1. The molecular weight excluding hydrogens is 653 g/mol. The molecule has 0 amide bonds. The SMILES string of the molecule is CC1(C)c2ccccc2-c2ccc(-n3c4ccccc4c4cc(-c5ccc6c(c5)c5c(n6-c6ccccc6C6=CC=CCC6)C#CCC=C5)ccc43)cc21. The van der Waals surface area contributed by atoms with Gasteiger partial charge in [-0.1, -0.05) is 129 Å². The van der Waals surface area contributed by atoms with Crippen LogP contribution >= 0.6 is 0 Å². The van der Waals surface area contributed by atoms with Gasteiger partial charge in [-0.05, 0) is 106 Å². The van der Waals surface area contributed by atoms with Crippen molar-refractivity contribution in [2.24, 2.45) is 0 Å². The minimum atomic E-state index is -0.0585. The molecule has 2 nitrogen and oxygen atoms in total. The Morgan fingerprint density at radius 1 is 0.593 bits per heavy atom. The lowest BCUT2D eigenvalue weighted by atomic mass is 9.82. The Balaban J connectivity index is 1.07. The van der Waals surface area contributed by atoms with Gasteiger partial charge in [-0.3, -0.25) is 0 Å². The maximum absolute atomic E-state index is 3.57. The molecule has 3 aliphatic carbocycles.